The fourth-order valence-corrected chi connectivity index (χ4v) is 2.23. The van der Waals surface area contributed by atoms with Gasteiger partial charge in [-0.25, -0.2) is 0 Å². The van der Waals surface area contributed by atoms with Gasteiger partial charge in [0, 0.05) is 12.0 Å². The van der Waals surface area contributed by atoms with Crippen LogP contribution in [0.1, 0.15) is 27.7 Å². The van der Waals surface area contributed by atoms with E-state index in [1.807, 2.05) is 0 Å². The van der Waals surface area contributed by atoms with Crippen molar-refractivity contribution in [1.82, 2.24) is 0 Å². The predicted molar refractivity (Wildman–Crippen MR) is 85.1 cm³/mol. The highest BCUT2D eigenvalue weighted by atomic mass is 16.7. The molecule has 0 bridgehead atoms. The van der Waals surface area contributed by atoms with Crippen molar-refractivity contribution in [1.29, 1.82) is 0 Å². The first kappa shape index (κ1) is 21.2. The number of rotatable bonds is 7. The summed E-state index contributed by atoms with van der Waals surface area (Å²) in [5.74, 6) is -2.03. The van der Waals surface area contributed by atoms with Crippen LogP contribution in [0.15, 0.2) is 5.11 Å². The number of carbonyl (C=O) groups excluding carboxylic acids is 2. The van der Waals surface area contributed by atoms with Gasteiger partial charge in [-0.3, -0.25) is 9.59 Å². The summed E-state index contributed by atoms with van der Waals surface area (Å²) in [6, 6.07) is -1.08. The average molecular weight is 359 g/mol. The van der Waals surface area contributed by atoms with Crippen LogP contribution in [0.4, 0.5) is 0 Å². The molecule has 0 radical (unpaired) electrons. The lowest BCUT2D eigenvalue weighted by Gasteiger charge is -2.43. The van der Waals surface area contributed by atoms with Crippen molar-refractivity contribution in [2.75, 3.05) is 13.7 Å². The van der Waals surface area contributed by atoms with E-state index in [-0.39, 0.29) is 0 Å². The minimum absolute atomic E-state index is 0.446. The monoisotopic (exact) mass is 359 g/mol. The van der Waals surface area contributed by atoms with E-state index in [4.69, 9.17) is 24.5 Å². The number of nitrogens with zero attached hydrogens (tertiary/aromatic N) is 3. The van der Waals surface area contributed by atoms with Crippen molar-refractivity contribution in [3.63, 3.8) is 0 Å². The maximum atomic E-state index is 12.1. The predicted octanol–water partition coefficient (Wildman–Crippen LogP) is 1.16. The van der Waals surface area contributed by atoms with Gasteiger partial charge in [-0.2, -0.15) is 0 Å². The molecular weight excluding hydrogens is 334 g/mol. The van der Waals surface area contributed by atoms with E-state index in [0.29, 0.717) is 0 Å². The number of carbonyl (C=O) groups is 2. The van der Waals surface area contributed by atoms with Crippen LogP contribution in [0.2, 0.25) is 0 Å². The van der Waals surface area contributed by atoms with Crippen LogP contribution in [0.3, 0.4) is 0 Å². The number of hydrogen-bond donors (Lipinski definition) is 1. The van der Waals surface area contributed by atoms with Gasteiger partial charge in [0.1, 0.15) is 12.1 Å². The highest BCUT2D eigenvalue weighted by Crippen LogP contribution is 2.30. The van der Waals surface area contributed by atoms with E-state index in [0.717, 1.165) is 0 Å². The molecule has 0 aromatic heterocycles. The third kappa shape index (κ3) is 5.30. The summed E-state index contributed by atoms with van der Waals surface area (Å²) >= 11 is 0. The molecule has 1 fully saturated rings. The molecule has 1 aliphatic rings. The van der Waals surface area contributed by atoms with E-state index in [1.165, 1.54) is 7.11 Å². The second kappa shape index (κ2) is 9.57. The van der Waals surface area contributed by atoms with E-state index < -0.39 is 61.0 Å². The first-order valence-corrected chi connectivity index (χ1v) is 8.01. The van der Waals surface area contributed by atoms with Gasteiger partial charge in [0.05, 0.1) is 18.4 Å². The second-order valence-corrected chi connectivity index (χ2v) is 6.27. The van der Waals surface area contributed by atoms with Crippen molar-refractivity contribution >= 4 is 11.9 Å². The number of aliphatic hydroxyl groups excluding tert-OH is 1. The van der Waals surface area contributed by atoms with Crippen LogP contribution >= 0.6 is 0 Å². The van der Waals surface area contributed by atoms with Gasteiger partial charge in [0.2, 0.25) is 0 Å². The Balaban J connectivity index is 3.24. The minimum Gasteiger partial charge on any atom is -0.457 e. The Morgan fingerprint density at radius 1 is 1.16 bits per heavy atom. The average Bonchev–Trinajstić information content (AvgIpc) is 2.57. The maximum absolute atomic E-state index is 12.1. The summed E-state index contributed by atoms with van der Waals surface area (Å²) in [6.07, 6.45) is -4.34. The second-order valence-electron chi connectivity index (χ2n) is 6.27. The maximum Gasteiger partial charge on any atom is 0.308 e. The van der Waals surface area contributed by atoms with Crippen LogP contribution in [0.25, 0.3) is 10.4 Å². The first-order chi connectivity index (χ1) is 11.8. The molecule has 0 spiro atoms. The van der Waals surface area contributed by atoms with Crippen molar-refractivity contribution in [3.05, 3.63) is 10.4 Å². The van der Waals surface area contributed by atoms with Gasteiger partial charge in [-0.1, -0.05) is 32.8 Å². The third-order valence-corrected chi connectivity index (χ3v) is 3.66. The van der Waals surface area contributed by atoms with Crippen LogP contribution in [-0.4, -0.2) is 61.4 Å². The van der Waals surface area contributed by atoms with Gasteiger partial charge in [0.15, 0.2) is 18.5 Å². The lowest BCUT2D eigenvalue weighted by molar-refractivity contribution is -0.268. The van der Waals surface area contributed by atoms with Gasteiger partial charge in [-0.05, 0) is 5.53 Å². The fourth-order valence-electron chi connectivity index (χ4n) is 2.23. The summed E-state index contributed by atoms with van der Waals surface area (Å²) in [4.78, 5) is 26.8. The molecule has 1 N–H and O–H groups in total. The molecular formula is C15H25N3O7. The zero-order chi connectivity index (χ0) is 19.1. The van der Waals surface area contributed by atoms with Gasteiger partial charge in [-0.15, -0.1) is 0 Å². The minimum atomic E-state index is -1.15. The zero-order valence-corrected chi connectivity index (χ0v) is 15.0. The van der Waals surface area contributed by atoms with Crippen molar-refractivity contribution in [2.45, 2.75) is 58.3 Å². The Morgan fingerprint density at radius 2 is 1.68 bits per heavy atom. The van der Waals surface area contributed by atoms with E-state index in [9.17, 15) is 14.7 Å². The Labute approximate surface area is 146 Å². The number of aliphatic hydroxyl groups is 1. The zero-order valence-electron chi connectivity index (χ0n) is 15.0. The van der Waals surface area contributed by atoms with Crippen LogP contribution in [0, 0.1) is 11.8 Å². The molecule has 0 saturated carbocycles. The Kier molecular flexibility index (Phi) is 8.11. The van der Waals surface area contributed by atoms with Crippen molar-refractivity contribution in [3.8, 4) is 0 Å². The normalized spacial score (nSPS) is 29.2. The fraction of sp³-hybridized carbons (Fsp3) is 0.867. The molecule has 142 valence electrons. The molecule has 1 aliphatic heterocycles. The molecule has 0 amide bonds. The van der Waals surface area contributed by atoms with Gasteiger partial charge in [0.25, 0.3) is 0 Å². The summed E-state index contributed by atoms with van der Waals surface area (Å²) in [5.41, 5.74) is 8.82. The van der Waals surface area contributed by atoms with Gasteiger partial charge < -0.3 is 24.1 Å². The van der Waals surface area contributed by atoms with E-state index >= 15 is 0 Å². The number of esters is 2. The number of methoxy groups -OCH3 is 1. The summed E-state index contributed by atoms with van der Waals surface area (Å²) in [7, 11) is 1.32. The molecule has 0 aliphatic carbocycles. The summed E-state index contributed by atoms with van der Waals surface area (Å²) < 4.78 is 21.4. The summed E-state index contributed by atoms with van der Waals surface area (Å²) in [6.45, 7) is 6.04. The highest BCUT2D eigenvalue weighted by molar-refractivity contribution is 5.73. The van der Waals surface area contributed by atoms with Gasteiger partial charge >= 0.3 is 11.9 Å². The molecule has 1 unspecified atom stereocenters. The van der Waals surface area contributed by atoms with Crippen LogP contribution < -0.4 is 0 Å². The lowest BCUT2D eigenvalue weighted by atomic mass is 9.96. The molecule has 10 heteroatoms. The van der Waals surface area contributed by atoms with Crippen molar-refractivity contribution in [2.24, 2.45) is 17.0 Å². The van der Waals surface area contributed by atoms with E-state index in [1.54, 1.807) is 27.7 Å². The van der Waals surface area contributed by atoms with E-state index in [2.05, 4.69) is 10.0 Å². The Bertz CT molecular complexity index is 519. The quantitative estimate of drug-likeness (QED) is 0.311. The highest BCUT2D eigenvalue weighted by Gasteiger charge is 2.50. The third-order valence-electron chi connectivity index (χ3n) is 3.66. The van der Waals surface area contributed by atoms with Crippen LogP contribution in [-0.2, 0) is 28.5 Å². The lowest BCUT2D eigenvalue weighted by Crippen LogP contribution is -2.61. The molecule has 10 nitrogen and oxygen atoms in total. The SMILES string of the molecule is COC1O[C@H](CO)[C@H](OC(=O)C(C)C)[C@H](OC(=O)C(C)C)[C@H]1N=[N+]=[N-]. The smallest absolute Gasteiger partial charge is 0.308 e. The number of azide groups is 1. The number of ether oxygens (including phenoxy) is 4. The topological polar surface area (TPSA) is 140 Å². The molecule has 1 heterocycles. The molecule has 25 heavy (non-hydrogen) atoms. The van der Waals surface area contributed by atoms with Crippen LogP contribution in [0.5, 0.6) is 0 Å². The molecule has 1 saturated heterocycles. The first-order valence-electron chi connectivity index (χ1n) is 8.01. The molecule has 5 atom stereocenters. The standard InChI is InChI=1S/C15H25N3O7/c1-7(2)13(20)24-11-9(6-19)23-15(22-5)10(17-18-16)12(11)25-14(21)8(3)4/h7-12,15,19H,6H2,1-5H3/t9-,10-,11+,12-,15?/m1/s1. The molecule has 0 aromatic carbocycles. The summed E-state index contributed by atoms with van der Waals surface area (Å²) in [5, 5.41) is 13.2. The Morgan fingerprint density at radius 3 is 2.08 bits per heavy atom. The largest absolute Gasteiger partial charge is 0.457 e. The molecule has 1 rings (SSSR count). The number of hydrogen-bond acceptors (Lipinski definition) is 8. The molecule has 0 aromatic rings. The van der Waals surface area contributed by atoms with Crippen molar-refractivity contribution < 1.29 is 33.6 Å². The Hall–Kier alpha value is -1.87.